The van der Waals surface area contributed by atoms with Crippen molar-refractivity contribution >= 4 is 22.9 Å². The van der Waals surface area contributed by atoms with Gasteiger partial charge in [0.15, 0.2) is 0 Å². The van der Waals surface area contributed by atoms with Crippen LogP contribution in [0.2, 0.25) is 0 Å². The highest BCUT2D eigenvalue weighted by atomic mass is 32.1. The molecule has 1 aromatic heterocycles. The number of benzene rings is 1. The van der Waals surface area contributed by atoms with Crippen molar-refractivity contribution in [3.8, 4) is 5.75 Å². The van der Waals surface area contributed by atoms with E-state index >= 15 is 0 Å². The minimum atomic E-state index is -0.203. The number of ether oxygens (including phenoxy) is 1. The molecule has 94 valence electrons. The highest BCUT2D eigenvalue weighted by Crippen LogP contribution is 2.29. The maximum atomic E-state index is 11.9. The van der Waals surface area contributed by atoms with Crippen LogP contribution in [0.15, 0.2) is 23.0 Å². The Balaban J connectivity index is 2.27. The largest absolute Gasteiger partial charge is 0.496 e. The molecular weight excluding hydrogens is 248 g/mol. The van der Waals surface area contributed by atoms with E-state index in [9.17, 15) is 4.79 Å². The molecule has 0 fully saturated rings. The molecule has 0 bridgehead atoms. The fourth-order valence-electron chi connectivity index (χ4n) is 1.79. The lowest BCUT2D eigenvalue weighted by Gasteiger charge is -2.13. The zero-order valence-electron chi connectivity index (χ0n) is 10.5. The molecule has 18 heavy (non-hydrogen) atoms. The molecule has 0 unspecified atom stereocenters. The van der Waals surface area contributed by atoms with Crippen molar-refractivity contribution < 1.29 is 9.53 Å². The van der Waals surface area contributed by atoms with Gasteiger partial charge in [-0.2, -0.15) is 0 Å². The number of carbonyl (C=O) groups excluding carboxylic acids is 1. The van der Waals surface area contributed by atoms with Gasteiger partial charge in [-0.15, -0.1) is 11.3 Å². The molecule has 0 saturated carbocycles. The van der Waals surface area contributed by atoms with Gasteiger partial charge in [0.2, 0.25) is 0 Å². The van der Waals surface area contributed by atoms with Crippen molar-refractivity contribution in [1.82, 2.24) is 4.98 Å². The Hall–Kier alpha value is -1.88. The van der Waals surface area contributed by atoms with Crippen LogP contribution >= 0.6 is 11.3 Å². The number of methoxy groups -OCH3 is 1. The molecule has 0 aliphatic rings. The van der Waals surface area contributed by atoms with Gasteiger partial charge in [0.05, 0.1) is 12.6 Å². The van der Waals surface area contributed by atoms with Gasteiger partial charge in [0.25, 0.3) is 5.91 Å². The van der Waals surface area contributed by atoms with E-state index in [-0.39, 0.29) is 5.91 Å². The van der Waals surface area contributed by atoms with Crippen molar-refractivity contribution in [2.45, 2.75) is 13.8 Å². The van der Waals surface area contributed by atoms with Gasteiger partial charge in [-0.25, -0.2) is 4.98 Å². The van der Waals surface area contributed by atoms with E-state index in [0.29, 0.717) is 5.69 Å². The summed E-state index contributed by atoms with van der Waals surface area (Å²) >= 11 is 1.40. The Labute approximate surface area is 110 Å². The standard InChI is InChI=1S/C13H14N2O2S/c1-8-4-5-10(9(2)12(8)17-3)15-13(16)11-6-18-7-14-11/h4-7H,1-3H3,(H,15,16). The number of aromatic nitrogens is 1. The monoisotopic (exact) mass is 262 g/mol. The maximum Gasteiger partial charge on any atom is 0.275 e. The molecule has 0 saturated heterocycles. The number of anilines is 1. The lowest BCUT2D eigenvalue weighted by Crippen LogP contribution is -2.13. The fraction of sp³-hybridized carbons (Fsp3) is 0.231. The van der Waals surface area contributed by atoms with E-state index in [1.807, 2.05) is 26.0 Å². The molecule has 5 heteroatoms. The molecule has 0 radical (unpaired) electrons. The first-order valence-corrected chi connectivity index (χ1v) is 6.41. The molecule has 1 N–H and O–H groups in total. The molecule has 2 rings (SSSR count). The van der Waals surface area contributed by atoms with Gasteiger partial charge in [0.1, 0.15) is 11.4 Å². The highest BCUT2D eigenvalue weighted by molar-refractivity contribution is 7.07. The number of aryl methyl sites for hydroxylation is 1. The third-order valence-electron chi connectivity index (χ3n) is 2.72. The number of hydrogen-bond donors (Lipinski definition) is 1. The predicted molar refractivity (Wildman–Crippen MR) is 72.5 cm³/mol. The first-order chi connectivity index (χ1) is 8.63. The Morgan fingerprint density at radius 1 is 1.39 bits per heavy atom. The number of nitrogens with zero attached hydrogens (tertiary/aromatic N) is 1. The minimum absolute atomic E-state index is 0.203. The second kappa shape index (κ2) is 5.18. The van der Waals surface area contributed by atoms with Gasteiger partial charge in [-0.3, -0.25) is 4.79 Å². The van der Waals surface area contributed by atoms with E-state index in [0.717, 1.165) is 22.6 Å². The van der Waals surface area contributed by atoms with Crippen LogP contribution in [0.1, 0.15) is 21.6 Å². The first-order valence-electron chi connectivity index (χ1n) is 5.47. The average Bonchev–Trinajstić information content (AvgIpc) is 2.87. The molecule has 0 aliphatic carbocycles. The number of thiazole rings is 1. The Morgan fingerprint density at radius 2 is 2.17 bits per heavy atom. The summed E-state index contributed by atoms with van der Waals surface area (Å²) in [7, 11) is 1.63. The van der Waals surface area contributed by atoms with Crippen molar-refractivity contribution in [3.63, 3.8) is 0 Å². The fourth-order valence-corrected chi connectivity index (χ4v) is 2.32. The number of rotatable bonds is 3. The molecule has 0 aliphatic heterocycles. The van der Waals surface area contributed by atoms with Crippen LogP contribution in [-0.2, 0) is 0 Å². The molecule has 2 aromatic rings. The zero-order chi connectivity index (χ0) is 13.1. The second-order valence-corrected chi connectivity index (χ2v) is 4.63. The predicted octanol–water partition coefficient (Wildman–Crippen LogP) is 3.02. The smallest absolute Gasteiger partial charge is 0.275 e. The summed E-state index contributed by atoms with van der Waals surface area (Å²) in [5.74, 6) is 0.594. The number of hydrogen-bond acceptors (Lipinski definition) is 4. The van der Waals surface area contributed by atoms with Gasteiger partial charge in [0, 0.05) is 16.6 Å². The SMILES string of the molecule is COc1c(C)ccc(NC(=O)c2cscn2)c1C. The van der Waals surface area contributed by atoms with Crippen molar-refractivity contribution in [3.05, 3.63) is 39.8 Å². The highest BCUT2D eigenvalue weighted by Gasteiger charge is 2.12. The Kier molecular flexibility index (Phi) is 3.62. The van der Waals surface area contributed by atoms with E-state index in [1.54, 1.807) is 18.0 Å². The summed E-state index contributed by atoms with van der Waals surface area (Å²) in [5, 5.41) is 4.56. The minimum Gasteiger partial charge on any atom is -0.496 e. The molecule has 0 spiro atoms. The van der Waals surface area contributed by atoms with Gasteiger partial charge >= 0.3 is 0 Å². The molecular formula is C13H14N2O2S. The summed E-state index contributed by atoms with van der Waals surface area (Å²) in [6, 6.07) is 3.79. The van der Waals surface area contributed by atoms with Gasteiger partial charge in [-0.1, -0.05) is 6.07 Å². The third-order valence-corrected chi connectivity index (χ3v) is 3.31. The van der Waals surface area contributed by atoms with E-state index in [4.69, 9.17) is 4.74 Å². The van der Waals surface area contributed by atoms with E-state index < -0.39 is 0 Å². The Morgan fingerprint density at radius 3 is 2.78 bits per heavy atom. The quantitative estimate of drug-likeness (QED) is 0.925. The van der Waals surface area contributed by atoms with Crippen molar-refractivity contribution in [1.29, 1.82) is 0 Å². The van der Waals surface area contributed by atoms with Gasteiger partial charge in [-0.05, 0) is 25.5 Å². The molecule has 1 aromatic carbocycles. The van der Waals surface area contributed by atoms with E-state index in [2.05, 4.69) is 10.3 Å². The summed E-state index contributed by atoms with van der Waals surface area (Å²) in [5.41, 5.74) is 4.77. The van der Waals surface area contributed by atoms with Gasteiger partial charge < -0.3 is 10.1 Å². The first kappa shape index (κ1) is 12.6. The van der Waals surface area contributed by atoms with Crippen LogP contribution in [0.25, 0.3) is 0 Å². The molecule has 4 nitrogen and oxygen atoms in total. The number of nitrogens with one attached hydrogen (secondary N) is 1. The molecule has 0 atom stereocenters. The second-order valence-electron chi connectivity index (χ2n) is 3.92. The van der Waals surface area contributed by atoms with Crippen LogP contribution in [0.3, 0.4) is 0 Å². The molecule has 1 heterocycles. The lowest BCUT2D eigenvalue weighted by atomic mass is 10.1. The molecule has 1 amide bonds. The van der Waals surface area contributed by atoms with Crippen LogP contribution < -0.4 is 10.1 Å². The van der Waals surface area contributed by atoms with Crippen LogP contribution in [0, 0.1) is 13.8 Å². The lowest BCUT2D eigenvalue weighted by molar-refractivity contribution is 0.102. The van der Waals surface area contributed by atoms with Crippen molar-refractivity contribution in [2.75, 3.05) is 12.4 Å². The van der Waals surface area contributed by atoms with E-state index in [1.165, 1.54) is 11.3 Å². The topological polar surface area (TPSA) is 51.2 Å². The summed E-state index contributed by atoms with van der Waals surface area (Å²) in [6.45, 7) is 3.89. The normalized spacial score (nSPS) is 10.2. The van der Waals surface area contributed by atoms with Crippen molar-refractivity contribution in [2.24, 2.45) is 0 Å². The van der Waals surface area contributed by atoms with Crippen LogP contribution in [0.4, 0.5) is 5.69 Å². The zero-order valence-corrected chi connectivity index (χ0v) is 11.3. The maximum absolute atomic E-state index is 11.9. The Bertz CT molecular complexity index is 565. The van der Waals surface area contributed by atoms with Crippen LogP contribution in [-0.4, -0.2) is 18.0 Å². The van der Waals surface area contributed by atoms with Crippen LogP contribution in [0.5, 0.6) is 5.75 Å². The summed E-state index contributed by atoms with van der Waals surface area (Å²) in [4.78, 5) is 15.9. The average molecular weight is 262 g/mol. The summed E-state index contributed by atoms with van der Waals surface area (Å²) < 4.78 is 5.32. The number of amides is 1. The summed E-state index contributed by atoms with van der Waals surface area (Å²) in [6.07, 6.45) is 0. The number of carbonyl (C=O) groups is 1. The third kappa shape index (κ3) is 2.36.